The fraction of sp³-hybridized carbons (Fsp3) is 0.636. The van der Waals surface area contributed by atoms with Gasteiger partial charge in [-0.05, 0) is 59.8 Å². The maximum atomic E-state index is 12.9. The number of amides is 1. The van der Waals surface area contributed by atoms with Crippen molar-refractivity contribution in [1.29, 1.82) is 0 Å². The van der Waals surface area contributed by atoms with Crippen LogP contribution in [0.4, 0.5) is 0 Å². The van der Waals surface area contributed by atoms with Crippen LogP contribution in [-0.4, -0.2) is 62.1 Å². The minimum absolute atomic E-state index is 0.0562. The van der Waals surface area contributed by atoms with Gasteiger partial charge in [0.1, 0.15) is 5.82 Å². The third-order valence-corrected chi connectivity index (χ3v) is 6.32. The van der Waals surface area contributed by atoms with Crippen molar-refractivity contribution in [3.63, 3.8) is 0 Å². The predicted molar refractivity (Wildman–Crippen MR) is 112 cm³/mol. The Morgan fingerprint density at radius 1 is 1.24 bits per heavy atom. The number of nitrogens with zero attached hydrogens (tertiary/aromatic N) is 6. The van der Waals surface area contributed by atoms with Crippen molar-refractivity contribution in [3.8, 4) is 0 Å². The molecular formula is C22H32N6O. The fourth-order valence-electron chi connectivity index (χ4n) is 4.57. The van der Waals surface area contributed by atoms with Crippen LogP contribution in [0.3, 0.4) is 0 Å². The van der Waals surface area contributed by atoms with Gasteiger partial charge in [0, 0.05) is 49.3 Å². The topological polar surface area (TPSA) is 67.2 Å². The first-order valence-corrected chi connectivity index (χ1v) is 10.7. The summed E-state index contributed by atoms with van der Waals surface area (Å²) in [4.78, 5) is 26.8. The summed E-state index contributed by atoms with van der Waals surface area (Å²) in [6.07, 6.45) is 5.50. The highest BCUT2D eigenvalue weighted by Crippen LogP contribution is 2.27. The van der Waals surface area contributed by atoms with Crippen molar-refractivity contribution in [3.05, 3.63) is 40.7 Å². The van der Waals surface area contributed by atoms with E-state index in [9.17, 15) is 4.79 Å². The van der Waals surface area contributed by atoms with Gasteiger partial charge in [0.05, 0.1) is 17.4 Å². The van der Waals surface area contributed by atoms with Crippen molar-refractivity contribution in [1.82, 2.24) is 29.5 Å². The maximum absolute atomic E-state index is 12.9. The van der Waals surface area contributed by atoms with Crippen LogP contribution in [0.25, 0.3) is 0 Å². The van der Waals surface area contributed by atoms with Gasteiger partial charge in [-0.25, -0.2) is 9.97 Å². The van der Waals surface area contributed by atoms with E-state index in [1.165, 1.54) is 0 Å². The van der Waals surface area contributed by atoms with E-state index in [0.717, 1.165) is 67.4 Å². The number of likely N-dealkylation sites (tertiary alicyclic amines) is 1. The van der Waals surface area contributed by atoms with E-state index in [1.807, 2.05) is 29.6 Å². The third-order valence-electron chi connectivity index (χ3n) is 6.32. The molecule has 0 bridgehead atoms. The number of carbonyl (C=O) groups excluding carboxylic acids is 1. The highest BCUT2D eigenvalue weighted by molar-refractivity contribution is 5.76. The molecule has 0 aromatic carbocycles. The molecule has 0 N–H and O–H groups in total. The van der Waals surface area contributed by atoms with Gasteiger partial charge in [0.2, 0.25) is 5.91 Å². The van der Waals surface area contributed by atoms with E-state index >= 15 is 0 Å². The Morgan fingerprint density at radius 3 is 2.69 bits per heavy atom. The van der Waals surface area contributed by atoms with Crippen molar-refractivity contribution >= 4 is 5.91 Å². The van der Waals surface area contributed by atoms with Crippen LogP contribution in [0.5, 0.6) is 0 Å². The van der Waals surface area contributed by atoms with Gasteiger partial charge in [-0.2, -0.15) is 5.10 Å². The summed E-state index contributed by atoms with van der Waals surface area (Å²) in [6, 6.07) is 2.11. The molecule has 0 aliphatic carbocycles. The van der Waals surface area contributed by atoms with Crippen molar-refractivity contribution in [2.45, 2.75) is 65.0 Å². The summed E-state index contributed by atoms with van der Waals surface area (Å²) in [5, 5.41) is 4.53. The van der Waals surface area contributed by atoms with Crippen LogP contribution in [0.2, 0.25) is 0 Å². The first-order chi connectivity index (χ1) is 13.9. The Balaban J connectivity index is 1.39. The first kappa shape index (κ1) is 20.0. The monoisotopic (exact) mass is 396 g/mol. The average Bonchev–Trinajstić information content (AvgIpc) is 3.06. The zero-order valence-electron chi connectivity index (χ0n) is 18.1. The lowest BCUT2D eigenvalue weighted by molar-refractivity contribution is -0.133. The van der Waals surface area contributed by atoms with Gasteiger partial charge >= 0.3 is 0 Å². The highest BCUT2D eigenvalue weighted by atomic mass is 16.2. The molecule has 1 amide bonds. The average molecular weight is 397 g/mol. The van der Waals surface area contributed by atoms with Crippen LogP contribution in [0.15, 0.2) is 12.3 Å². The molecule has 7 heteroatoms. The number of hydrogen-bond acceptors (Lipinski definition) is 5. The molecule has 4 rings (SSSR count). The summed E-state index contributed by atoms with van der Waals surface area (Å²) < 4.78 is 1.96. The lowest BCUT2D eigenvalue weighted by atomic mass is 9.95. The van der Waals surface area contributed by atoms with Crippen molar-refractivity contribution < 1.29 is 4.79 Å². The molecule has 156 valence electrons. The Kier molecular flexibility index (Phi) is 5.67. The summed E-state index contributed by atoms with van der Waals surface area (Å²) >= 11 is 0. The van der Waals surface area contributed by atoms with E-state index in [1.54, 1.807) is 0 Å². The number of fused-ring (bicyclic) bond motifs is 1. The second kappa shape index (κ2) is 8.22. The molecule has 2 aliphatic rings. The summed E-state index contributed by atoms with van der Waals surface area (Å²) in [5.74, 6) is 1.64. The van der Waals surface area contributed by atoms with Gasteiger partial charge < -0.3 is 9.80 Å². The summed E-state index contributed by atoms with van der Waals surface area (Å²) in [6.45, 7) is 9.66. The fourth-order valence-corrected chi connectivity index (χ4v) is 4.57. The van der Waals surface area contributed by atoms with Crippen molar-refractivity contribution in [2.75, 3.05) is 26.7 Å². The Labute approximate surface area is 173 Å². The first-order valence-electron chi connectivity index (χ1n) is 10.7. The molecule has 0 unspecified atom stereocenters. The van der Waals surface area contributed by atoms with Gasteiger partial charge in [-0.1, -0.05) is 0 Å². The molecule has 1 atom stereocenters. The van der Waals surface area contributed by atoms with Crippen LogP contribution in [0, 0.1) is 13.8 Å². The molecular weight excluding hydrogens is 364 g/mol. The zero-order valence-corrected chi connectivity index (χ0v) is 18.1. The van der Waals surface area contributed by atoms with Crippen LogP contribution in [-0.2, 0) is 17.8 Å². The molecule has 2 aromatic heterocycles. The van der Waals surface area contributed by atoms with E-state index in [-0.39, 0.29) is 11.9 Å². The maximum Gasteiger partial charge on any atom is 0.225 e. The molecule has 4 heterocycles. The van der Waals surface area contributed by atoms with E-state index < -0.39 is 0 Å². The van der Waals surface area contributed by atoms with E-state index in [2.05, 4.69) is 35.0 Å². The molecule has 29 heavy (non-hydrogen) atoms. The lowest BCUT2D eigenvalue weighted by Crippen LogP contribution is -2.38. The van der Waals surface area contributed by atoms with Gasteiger partial charge in [-0.15, -0.1) is 0 Å². The number of aryl methyl sites for hydroxylation is 2. The number of aromatic nitrogens is 4. The number of carbonyl (C=O) groups is 1. The zero-order chi connectivity index (χ0) is 20.5. The van der Waals surface area contributed by atoms with Gasteiger partial charge in [-0.3, -0.25) is 9.48 Å². The minimum Gasteiger partial charge on any atom is -0.338 e. The van der Waals surface area contributed by atoms with E-state index in [0.29, 0.717) is 18.9 Å². The van der Waals surface area contributed by atoms with E-state index in [4.69, 9.17) is 4.98 Å². The SMILES string of the molecule is Cc1cc(C)n([C@H](C)CC(=O)N2CCc3nc(C4CCN(C)CC4)ncc3C2)n1. The molecule has 0 saturated carbocycles. The van der Waals surface area contributed by atoms with Crippen LogP contribution >= 0.6 is 0 Å². The van der Waals surface area contributed by atoms with Crippen molar-refractivity contribution in [2.24, 2.45) is 0 Å². The largest absolute Gasteiger partial charge is 0.338 e. The number of piperidine rings is 1. The summed E-state index contributed by atoms with van der Waals surface area (Å²) in [5.41, 5.74) is 4.32. The molecule has 7 nitrogen and oxygen atoms in total. The van der Waals surface area contributed by atoms with Gasteiger partial charge in [0.15, 0.2) is 0 Å². The second-order valence-electron chi connectivity index (χ2n) is 8.77. The van der Waals surface area contributed by atoms with Crippen LogP contribution in [0.1, 0.15) is 66.6 Å². The number of hydrogen-bond donors (Lipinski definition) is 0. The Bertz CT molecular complexity index is 883. The molecule has 0 radical (unpaired) electrons. The third kappa shape index (κ3) is 4.34. The second-order valence-corrected chi connectivity index (χ2v) is 8.77. The highest BCUT2D eigenvalue weighted by Gasteiger charge is 2.26. The molecule has 2 aliphatic heterocycles. The van der Waals surface area contributed by atoms with Gasteiger partial charge in [0.25, 0.3) is 0 Å². The smallest absolute Gasteiger partial charge is 0.225 e. The molecule has 1 fully saturated rings. The minimum atomic E-state index is 0.0562. The standard InChI is InChI=1S/C22H32N6O/c1-15-11-16(2)28(25-15)17(3)12-21(29)27-10-7-20-19(14-27)13-23-22(24-20)18-5-8-26(4)9-6-18/h11,13,17-18H,5-10,12,14H2,1-4H3/t17-/m1/s1. The normalized spacial score (nSPS) is 19.2. The number of rotatable bonds is 4. The molecule has 2 aromatic rings. The summed E-state index contributed by atoms with van der Waals surface area (Å²) in [7, 11) is 2.17. The Hall–Kier alpha value is -2.28. The quantitative estimate of drug-likeness (QED) is 0.795. The molecule has 0 spiro atoms. The molecule has 1 saturated heterocycles. The predicted octanol–water partition coefficient (Wildman–Crippen LogP) is 2.64. The lowest BCUT2D eigenvalue weighted by Gasteiger charge is -2.31. The Morgan fingerprint density at radius 2 is 2.00 bits per heavy atom. The van der Waals surface area contributed by atoms with Crippen LogP contribution < -0.4 is 0 Å².